The molecule has 0 unspecified atom stereocenters. The summed E-state index contributed by atoms with van der Waals surface area (Å²) in [6.45, 7) is 1.51. The molecule has 0 aromatic rings. The van der Waals surface area contributed by atoms with E-state index in [9.17, 15) is 9.59 Å². The number of primary amides is 1. The lowest BCUT2D eigenvalue weighted by Gasteiger charge is -2.11. The summed E-state index contributed by atoms with van der Waals surface area (Å²) in [5.41, 5.74) is 4.93. The highest BCUT2D eigenvalue weighted by molar-refractivity contribution is 7.99. The minimum atomic E-state index is -0.350. The van der Waals surface area contributed by atoms with E-state index in [-0.39, 0.29) is 23.5 Å². The van der Waals surface area contributed by atoms with Gasteiger partial charge in [-0.05, 0) is 6.92 Å². The van der Waals surface area contributed by atoms with Crippen LogP contribution in [0, 0.1) is 0 Å². The van der Waals surface area contributed by atoms with Crippen molar-refractivity contribution >= 4 is 36.1 Å². The quantitative estimate of drug-likeness (QED) is 0.312. The lowest BCUT2D eigenvalue weighted by Crippen LogP contribution is -2.37. The summed E-state index contributed by atoms with van der Waals surface area (Å²) in [7, 11) is 0. The summed E-state index contributed by atoms with van der Waals surface area (Å²) < 4.78 is 0. The first-order valence-corrected chi connectivity index (χ1v) is 5.57. The highest BCUT2D eigenvalue weighted by Crippen LogP contribution is 1.98. The van der Waals surface area contributed by atoms with Gasteiger partial charge >= 0.3 is 0 Å². The molecule has 13 heavy (non-hydrogen) atoms. The lowest BCUT2D eigenvalue weighted by atomic mass is 10.2. The molecule has 0 rings (SSSR count). The standard InChI is InChI=1S/C7H14N2O2S2/c1-5(10)6(2-12)9-4-13-3-7(8)11/h6,9,12H,2-4H2,1H3,(H2,8,11)/t6-/m0/s1. The van der Waals surface area contributed by atoms with Crippen LogP contribution in [0.2, 0.25) is 0 Å². The van der Waals surface area contributed by atoms with Crippen LogP contribution in [0.1, 0.15) is 6.92 Å². The van der Waals surface area contributed by atoms with E-state index in [1.165, 1.54) is 18.7 Å². The number of hydrogen-bond donors (Lipinski definition) is 3. The Balaban J connectivity index is 3.50. The third-order valence-corrected chi connectivity index (χ3v) is 2.57. The van der Waals surface area contributed by atoms with E-state index in [1.54, 1.807) is 0 Å². The van der Waals surface area contributed by atoms with E-state index in [2.05, 4.69) is 17.9 Å². The van der Waals surface area contributed by atoms with E-state index < -0.39 is 0 Å². The van der Waals surface area contributed by atoms with Gasteiger partial charge in [0.2, 0.25) is 5.91 Å². The van der Waals surface area contributed by atoms with Crippen LogP contribution in [-0.2, 0) is 9.59 Å². The molecule has 0 radical (unpaired) electrons. The molecular formula is C7H14N2O2S2. The predicted molar refractivity (Wildman–Crippen MR) is 58.0 cm³/mol. The molecule has 76 valence electrons. The summed E-state index contributed by atoms with van der Waals surface area (Å²) in [5.74, 6) is 0.969. The van der Waals surface area contributed by atoms with E-state index >= 15 is 0 Å². The number of carbonyl (C=O) groups is 2. The largest absolute Gasteiger partial charge is 0.369 e. The Bertz CT molecular complexity index is 187. The van der Waals surface area contributed by atoms with Gasteiger partial charge in [0.25, 0.3) is 0 Å². The topological polar surface area (TPSA) is 72.2 Å². The van der Waals surface area contributed by atoms with Crippen LogP contribution in [0.5, 0.6) is 0 Å². The Morgan fingerprint density at radius 3 is 2.62 bits per heavy atom. The van der Waals surface area contributed by atoms with Crippen molar-refractivity contribution in [1.82, 2.24) is 5.32 Å². The first-order chi connectivity index (χ1) is 6.07. The average molecular weight is 222 g/mol. The molecule has 0 aliphatic heterocycles. The zero-order chi connectivity index (χ0) is 10.3. The minimum Gasteiger partial charge on any atom is -0.369 e. The van der Waals surface area contributed by atoms with Gasteiger partial charge in [0, 0.05) is 11.6 Å². The number of thioether (sulfide) groups is 1. The first kappa shape index (κ1) is 12.8. The molecule has 0 saturated heterocycles. The molecule has 0 fully saturated rings. The van der Waals surface area contributed by atoms with Crippen LogP contribution in [0.25, 0.3) is 0 Å². The molecule has 0 spiro atoms. The zero-order valence-corrected chi connectivity index (χ0v) is 9.16. The van der Waals surface area contributed by atoms with Crippen molar-refractivity contribution in [1.29, 1.82) is 0 Å². The van der Waals surface area contributed by atoms with Gasteiger partial charge in [0.05, 0.1) is 11.8 Å². The van der Waals surface area contributed by atoms with Crippen molar-refractivity contribution in [2.75, 3.05) is 17.4 Å². The Kier molecular flexibility index (Phi) is 7.12. The van der Waals surface area contributed by atoms with E-state index in [1.807, 2.05) is 0 Å². The molecule has 4 nitrogen and oxygen atoms in total. The number of hydrogen-bond acceptors (Lipinski definition) is 5. The second-order valence-corrected chi connectivity index (χ2v) is 3.86. The highest BCUT2D eigenvalue weighted by Gasteiger charge is 2.10. The van der Waals surface area contributed by atoms with Crippen LogP contribution < -0.4 is 11.1 Å². The van der Waals surface area contributed by atoms with Gasteiger partial charge in [-0.25, -0.2) is 0 Å². The van der Waals surface area contributed by atoms with E-state index in [0.717, 1.165) is 0 Å². The number of ketones is 1. The maximum atomic E-state index is 10.9. The van der Waals surface area contributed by atoms with Gasteiger partial charge < -0.3 is 5.73 Å². The van der Waals surface area contributed by atoms with Crippen molar-refractivity contribution in [2.24, 2.45) is 5.73 Å². The molecule has 0 aromatic carbocycles. The highest BCUT2D eigenvalue weighted by atomic mass is 32.2. The fourth-order valence-electron chi connectivity index (χ4n) is 0.648. The number of rotatable bonds is 7. The number of thiol groups is 1. The van der Waals surface area contributed by atoms with Crippen molar-refractivity contribution in [3.8, 4) is 0 Å². The molecular weight excluding hydrogens is 208 g/mol. The number of nitrogens with two attached hydrogens (primary N) is 1. The summed E-state index contributed by atoms with van der Waals surface area (Å²) in [6, 6.07) is -0.233. The van der Waals surface area contributed by atoms with Gasteiger partial charge in [-0.3, -0.25) is 14.9 Å². The van der Waals surface area contributed by atoms with Crippen LogP contribution in [0.3, 0.4) is 0 Å². The SMILES string of the molecule is CC(=O)[C@H](CS)NCSCC(N)=O. The molecule has 1 atom stereocenters. The van der Waals surface area contributed by atoms with E-state index in [0.29, 0.717) is 11.6 Å². The van der Waals surface area contributed by atoms with E-state index in [4.69, 9.17) is 5.73 Å². The number of nitrogens with one attached hydrogen (secondary N) is 1. The Morgan fingerprint density at radius 2 is 2.23 bits per heavy atom. The molecule has 0 bridgehead atoms. The normalized spacial score (nSPS) is 12.5. The van der Waals surface area contributed by atoms with Crippen molar-refractivity contribution in [2.45, 2.75) is 13.0 Å². The number of amides is 1. The molecule has 0 saturated carbocycles. The summed E-state index contributed by atoms with van der Waals surface area (Å²) >= 11 is 5.36. The third-order valence-electron chi connectivity index (χ3n) is 1.35. The van der Waals surface area contributed by atoms with Crippen molar-refractivity contribution in [3.05, 3.63) is 0 Å². The summed E-state index contributed by atoms with van der Waals surface area (Å²) in [5, 5.41) is 2.95. The Hall–Kier alpha value is -0.200. The maximum Gasteiger partial charge on any atom is 0.227 e. The molecule has 0 heterocycles. The second-order valence-electron chi connectivity index (χ2n) is 2.51. The predicted octanol–water partition coefficient (Wildman–Crippen LogP) is -0.361. The molecule has 1 amide bonds. The first-order valence-electron chi connectivity index (χ1n) is 3.78. The third kappa shape index (κ3) is 6.92. The van der Waals surface area contributed by atoms with Gasteiger partial charge in [-0.1, -0.05) is 0 Å². The zero-order valence-electron chi connectivity index (χ0n) is 7.45. The van der Waals surface area contributed by atoms with Crippen molar-refractivity contribution < 1.29 is 9.59 Å². The molecule has 3 N–H and O–H groups in total. The maximum absolute atomic E-state index is 10.9. The van der Waals surface area contributed by atoms with Crippen LogP contribution >= 0.6 is 24.4 Å². The van der Waals surface area contributed by atoms with Gasteiger partial charge in [-0.2, -0.15) is 12.6 Å². The van der Waals surface area contributed by atoms with Crippen LogP contribution in [-0.4, -0.2) is 35.1 Å². The molecule has 0 aliphatic carbocycles. The second kappa shape index (κ2) is 7.23. The smallest absolute Gasteiger partial charge is 0.227 e. The molecule has 0 aromatic heterocycles. The fourth-order valence-corrected chi connectivity index (χ4v) is 1.66. The van der Waals surface area contributed by atoms with Crippen LogP contribution in [0.15, 0.2) is 0 Å². The minimum absolute atomic E-state index is 0.0506. The van der Waals surface area contributed by atoms with Crippen LogP contribution in [0.4, 0.5) is 0 Å². The van der Waals surface area contributed by atoms with Gasteiger partial charge in [-0.15, -0.1) is 11.8 Å². The van der Waals surface area contributed by atoms with Crippen molar-refractivity contribution in [3.63, 3.8) is 0 Å². The van der Waals surface area contributed by atoms with Gasteiger partial charge in [0.1, 0.15) is 5.78 Å². The van der Waals surface area contributed by atoms with Gasteiger partial charge in [0.15, 0.2) is 0 Å². The molecule has 6 heteroatoms. The Morgan fingerprint density at radius 1 is 1.62 bits per heavy atom. The number of carbonyl (C=O) groups excluding carboxylic acids is 2. The monoisotopic (exact) mass is 222 g/mol. The average Bonchev–Trinajstić information content (AvgIpc) is 2.03. The Labute approximate surface area is 87.4 Å². The fraction of sp³-hybridized carbons (Fsp3) is 0.714. The molecule has 0 aliphatic rings. The number of Topliss-reactive ketones (excluding diaryl/α,β-unsaturated/α-hetero) is 1. The summed E-state index contributed by atoms with van der Waals surface area (Å²) in [6.07, 6.45) is 0. The lowest BCUT2D eigenvalue weighted by molar-refractivity contribution is -0.118. The summed E-state index contributed by atoms with van der Waals surface area (Å²) in [4.78, 5) is 21.2.